The summed E-state index contributed by atoms with van der Waals surface area (Å²) in [6.45, 7) is 4.00. The Hall–Kier alpha value is -5.42. The molecule has 5 heterocycles. The molecule has 1 atom stereocenters. The molecule has 7 aromatic rings. The van der Waals surface area contributed by atoms with Gasteiger partial charge in [-0.15, -0.1) is 0 Å². The Morgan fingerprint density at radius 1 is 0.643 bits per heavy atom. The van der Waals surface area contributed by atoms with Crippen LogP contribution >= 0.6 is 0 Å². The highest BCUT2D eigenvalue weighted by Crippen LogP contribution is 2.56. The molecule has 1 unspecified atom stereocenters. The molecule has 5 nitrogen and oxygen atoms in total. The van der Waals surface area contributed by atoms with E-state index in [0.717, 1.165) is 28.4 Å². The fraction of sp³-hybridized carbons (Fsp3) is 0.0811. The van der Waals surface area contributed by atoms with E-state index in [9.17, 15) is 0 Å². The summed E-state index contributed by atoms with van der Waals surface area (Å²) in [5.74, 6) is 0.877. The molecule has 0 spiro atoms. The molecule has 0 saturated heterocycles. The SMILES string of the molecule is CC.c1ccc(-c2cccc(-n3c4ccccc4c4ccc5c(c43)-c3ccccc3C3Nc4ccccc4N53)n2)nc1. The average Bonchev–Trinajstić information content (AvgIpc) is 3.63. The van der Waals surface area contributed by atoms with Gasteiger partial charge in [0.15, 0.2) is 0 Å². The Morgan fingerprint density at radius 3 is 2.33 bits per heavy atom. The zero-order valence-corrected chi connectivity index (χ0v) is 23.5. The maximum Gasteiger partial charge on any atom is 0.138 e. The molecule has 3 aromatic heterocycles. The van der Waals surface area contributed by atoms with Crippen molar-refractivity contribution < 1.29 is 0 Å². The fourth-order valence-corrected chi connectivity index (χ4v) is 6.56. The highest BCUT2D eigenvalue weighted by molar-refractivity contribution is 6.17. The fourth-order valence-electron chi connectivity index (χ4n) is 6.56. The van der Waals surface area contributed by atoms with Gasteiger partial charge in [-0.05, 0) is 54.1 Å². The van der Waals surface area contributed by atoms with Crippen molar-refractivity contribution in [2.24, 2.45) is 0 Å². The van der Waals surface area contributed by atoms with Crippen molar-refractivity contribution in [2.75, 3.05) is 10.2 Å². The van der Waals surface area contributed by atoms with Gasteiger partial charge in [-0.1, -0.05) is 86.6 Å². The quantitative estimate of drug-likeness (QED) is 0.236. The summed E-state index contributed by atoms with van der Waals surface area (Å²) in [5.41, 5.74) is 11.3. The molecule has 0 amide bonds. The second kappa shape index (κ2) is 9.60. The van der Waals surface area contributed by atoms with Crippen LogP contribution in [0.1, 0.15) is 25.6 Å². The zero-order chi connectivity index (χ0) is 28.2. The molecule has 0 bridgehead atoms. The van der Waals surface area contributed by atoms with Crippen LogP contribution < -0.4 is 10.2 Å². The summed E-state index contributed by atoms with van der Waals surface area (Å²) in [4.78, 5) is 12.2. The third-order valence-electron chi connectivity index (χ3n) is 8.20. The van der Waals surface area contributed by atoms with Crippen LogP contribution in [-0.2, 0) is 0 Å². The second-order valence-corrected chi connectivity index (χ2v) is 10.3. The molecule has 0 saturated carbocycles. The van der Waals surface area contributed by atoms with Crippen molar-refractivity contribution in [3.05, 3.63) is 133 Å². The molecule has 0 fully saturated rings. The van der Waals surface area contributed by atoms with Gasteiger partial charge in [0.05, 0.1) is 39.5 Å². The van der Waals surface area contributed by atoms with E-state index < -0.39 is 0 Å². The van der Waals surface area contributed by atoms with E-state index in [4.69, 9.17) is 4.98 Å². The standard InChI is InChI=1S/C35H23N5.C2H6/c1-2-12-25-23(11-1)33-31(39-30-17-6-4-14-28(30)38-35(25)39)20-19-24-22-10-3-5-16-29(22)40(34(24)33)32-18-9-15-27(37-32)26-13-7-8-21-36-26;1-2/h1-21,35,38H;1-2H3. The Balaban J connectivity index is 0.00000131. The highest BCUT2D eigenvalue weighted by atomic mass is 15.3. The maximum absolute atomic E-state index is 5.17. The lowest BCUT2D eigenvalue weighted by Gasteiger charge is -2.35. The molecule has 5 heteroatoms. The van der Waals surface area contributed by atoms with Gasteiger partial charge in [-0.2, -0.15) is 0 Å². The molecule has 4 aromatic carbocycles. The number of aromatic nitrogens is 3. The number of anilines is 3. The summed E-state index contributed by atoms with van der Waals surface area (Å²) in [6, 6.07) is 42.7. The van der Waals surface area contributed by atoms with Crippen LogP contribution in [0.4, 0.5) is 17.1 Å². The van der Waals surface area contributed by atoms with Gasteiger partial charge in [-0.25, -0.2) is 4.98 Å². The number of hydrogen-bond acceptors (Lipinski definition) is 4. The van der Waals surface area contributed by atoms with E-state index in [1.807, 2.05) is 44.3 Å². The Kier molecular flexibility index (Phi) is 5.57. The number of nitrogens with zero attached hydrogens (tertiary/aromatic N) is 4. The van der Waals surface area contributed by atoms with E-state index >= 15 is 0 Å². The van der Waals surface area contributed by atoms with E-state index in [0.29, 0.717) is 0 Å². The highest BCUT2D eigenvalue weighted by Gasteiger charge is 2.39. The van der Waals surface area contributed by atoms with E-state index in [-0.39, 0.29) is 6.17 Å². The number of rotatable bonds is 2. The lowest BCUT2D eigenvalue weighted by Crippen LogP contribution is -2.27. The molecular weight excluding hydrogens is 514 g/mol. The van der Waals surface area contributed by atoms with Gasteiger partial charge in [0, 0.05) is 28.1 Å². The number of pyridine rings is 2. The Morgan fingerprint density at radius 2 is 1.43 bits per heavy atom. The van der Waals surface area contributed by atoms with Crippen LogP contribution in [0, 0.1) is 0 Å². The number of nitrogens with one attached hydrogen (secondary N) is 1. The lowest BCUT2D eigenvalue weighted by atomic mass is 9.89. The van der Waals surface area contributed by atoms with Gasteiger partial charge in [0.1, 0.15) is 12.0 Å². The molecule has 0 aliphatic carbocycles. The molecule has 0 radical (unpaired) electrons. The van der Waals surface area contributed by atoms with Crippen LogP contribution in [0.5, 0.6) is 0 Å². The minimum atomic E-state index is 0.0435. The average molecular weight is 544 g/mol. The van der Waals surface area contributed by atoms with Gasteiger partial charge in [0.2, 0.25) is 0 Å². The van der Waals surface area contributed by atoms with E-state index in [1.54, 1.807) is 0 Å². The number of hydrogen-bond donors (Lipinski definition) is 1. The molecule has 42 heavy (non-hydrogen) atoms. The monoisotopic (exact) mass is 543 g/mol. The third-order valence-corrected chi connectivity index (χ3v) is 8.20. The van der Waals surface area contributed by atoms with Crippen LogP contribution in [0.25, 0.3) is 50.1 Å². The molecule has 2 aliphatic rings. The van der Waals surface area contributed by atoms with Gasteiger partial charge in [0.25, 0.3) is 0 Å². The molecule has 9 rings (SSSR count). The summed E-state index contributed by atoms with van der Waals surface area (Å²) in [5, 5.41) is 6.21. The first-order valence-corrected chi connectivity index (χ1v) is 14.6. The molecule has 2 aliphatic heterocycles. The normalized spacial score (nSPS) is 14.3. The van der Waals surface area contributed by atoms with Crippen molar-refractivity contribution in [3.8, 4) is 28.3 Å². The first-order chi connectivity index (χ1) is 20.9. The van der Waals surface area contributed by atoms with Crippen LogP contribution in [0.15, 0.2) is 128 Å². The van der Waals surface area contributed by atoms with Crippen LogP contribution in [-0.4, -0.2) is 14.5 Å². The van der Waals surface area contributed by atoms with Gasteiger partial charge in [-0.3, -0.25) is 9.55 Å². The predicted octanol–water partition coefficient (Wildman–Crippen LogP) is 9.51. The molecule has 1 N–H and O–H groups in total. The van der Waals surface area contributed by atoms with Crippen molar-refractivity contribution in [1.82, 2.24) is 14.5 Å². The summed E-state index contributed by atoms with van der Waals surface area (Å²) < 4.78 is 2.34. The topological polar surface area (TPSA) is 46.0 Å². The summed E-state index contributed by atoms with van der Waals surface area (Å²) in [7, 11) is 0. The smallest absolute Gasteiger partial charge is 0.138 e. The van der Waals surface area contributed by atoms with Gasteiger partial charge < -0.3 is 10.2 Å². The largest absolute Gasteiger partial charge is 0.359 e. The Bertz CT molecular complexity index is 2110. The van der Waals surface area contributed by atoms with Crippen molar-refractivity contribution in [2.45, 2.75) is 20.0 Å². The summed E-state index contributed by atoms with van der Waals surface area (Å²) in [6.07, 6.45) is 1.86. The summed E-state index contributed by atoms with van der Waals surface area (Å²) >= 11 is 0. The molecular formula is C37H29N5. The third kappa shape index (κ3) is 3.43. The van der Waals surface area contributed by atoms with Crippen LogP contribution in [0.2, 0.25) is 0 Å². The lowest BCUT2D eigenvalue weighted by molar-refractivity contribution is 0.820. The predicted molar refractivity (Wildman–Crippen MR) is 174 cm³/mol. The number of para-hydroxylation sites is 3. The minimum Gasteiger partial charge on any atom is -0.359 e. The first kappa shape index (κ1) is 24.4. The number of benzene rings is 4. The van der Waals surface area contributed by atoms with Crippen molar-refractivity contribution in [3.63, 3.8) is 0 Å². The van der Waals surface area contributed by atoms with Crippen LogP contribution in [0.3, 0.4) is 0 Å². The number of fused-ring (bicyclic) bond motifs is 12. The molecule has 202 valence electrons. The second-order valence-electron chi connectivity index (χ2n) is 10.3. The van der Waals surface area contributed by atoms with E-state index in [1.165, 1.54) is 44.4 Å². The first-order valence-electron chi connectivity index (χ1n) is 14.6. The van der Waals surface area contributed by atoms with E-state index in [2.05, 4.69) is 117 Å². The Labute approximate surface area is 244 Å². The van der Waals surface area contributed by atoms with Gasteiger partial charge >= 0.3 is 0 Å². The minimum absolute atomic E-state index is 0.0435. The van der Waals surface area contributed by atoms with Crippen molar-refractivity contribution >= 4 is 38.9 Å². The maximum atomic E-state index is 5.17. The van der Waals surface area contributed by atoms with Crippen molar-refractivity contribution in [1.29, 1.82) is 0 Å². The zero-order valence-electron chi connectivity index (χ0n) is 23.5.